The summed E-state index contributed by atoms with van der Waals surface area (Å²) in [5.41, 5.74) is 3.75. The molecule has 0 radical (unpaired) electrons. The van der Waals surface area contributed by atoms with Crippen LogP contribution in [0.5, 0.6) is 0 Å². The Morgan fingerprint density at radius 2 is 2.41 bits per heavy atom. The number of likely N-dealkylation sites (N-methyl/N-ethyl adjacent to an activating group) is 1. The maximum atomic E-state index is 5.48. The minimum Gasteiger partial charge on any atom is -0.345 e. The molecule has 0 saturated heterocycles. The van der Waals surface area contributed by atoms with Crippen LogP contribution in [0.2, 0.25) is 0 Å². The average molecular weight is 233 g/mol. The second-order valence-electron chi connectivity index (χ2n) is 4.32. The number of guanidine groups is 1. The van der Waals surface area contributed by atoms with Crippen molar-refractivity contribution in [1.82, 2.24) is 15.3 Å². The van der Waals surface area contributed by atoms with Gasteiger partial charge in [0.2, 0.25) is 5.96 Å². The quantitative estimate of drug-likeness (QED) is 0.345. The van der Waals surface area contributed by atoms with E-state index in [1.165, 1.54) is 12.8 Å². The third-order valence-electron chi connectivity index (χ3n) is 2.77. The molecule has 5 nitrogen and oxygen atoms in total. The van der Waals surface area contributed by atoms with Crippen molar-refractivity contribution >= 4 is 5.96 Å². The molecule has 92 valence electrons. The van der Waals surface area contributed by atoms with E-state index in [1.54, 1.807) is 0 Å². The van der Waals surface area contributed by atoms with Crippen LogP contribution in [0, 0.1) is 0 Å². The van der Waals surface area contributed by atoms with Crippen molar-refractivity contribution in [2.24, 2.45) is 10.8 Å². The fraction of sp³-hybridized carbons (Fsp3) is 0.500. The molecular formula is C12H19N5. The van der Waals surface area contributed by atoms with Crippen LogP contribution in [0.25, 0.3) is 0 Å². The summed E-state index contributed by atoms with van der Waals surface area (Å²) >= 11 is 0. The standard InChI is InChI=1S/C12H19N5/c1-17(12(16-13)15-11-5-6-11)9-7-10-4-2-3-8-14-10/h2-4,8,11H,5-7,9,13H2,1H3,(H,15,16). The van der Waals surface area contributed by atoms with Crippen molar-refractivity contribution in [3.05, 3.63) is 30.1 Å². The molecule has 1 aromatic rings. The number of rotatable bonds is 4. The second kappa shape index (κ2) is 5.63. The first-order valence-corrected chi connectivity index (χ1v) is 5.95. The number of aliphatic imine (C=N–C) groups is 1. The summed E-state index contributed by atoms with van der Waals surface area (Å²) in [6.45, 7) is 0.854. The number of hydrazine groups is 1. The Hall–Kier alpha value is -1.62. The van der Waals surface area contributed by atoms with Gasteiger partial charge >= 0.3 is 0 Å². The number of nitrogens with two attached hydrogens (primary N) is 1. The van der Waals surface area contributed by atoms with Gasteiger partial charge < -0.3 is 4.90 Å². The van der Waals surface area contributed by atoms with Gasteiger partial charge in [-0.2, -0.15) is 0 Å². The molecule has 1 aliphatic carbocycles. The third kappa shape index (κ3) is 3.71. The first kappa shape index (κ1) is 11.9. The van der Waals surface area contributed by atoms with Gasteiger partial charge in [0, 0.05) is 31.9 Å². The molecule has 0 unspecified atom stereocenters. The Balaban J connectivity index is 1.85. The van der Waals surface area contributed by atoms with Crippen molar-refractivity contribution in [2.75, 3.05) is 13.6 Å². The fourth-order valence-corrected chi connectivity index (χ4v) is 1.56. The van der Waals surface area contributed by atoms with Crippen LogP contribution < -0.4 is 11.3 Å². The number of nitrogens with one attached hydrogen (secondary N) is 1. The van der Waals surface area contributed by atoms with E-state index in [4.69, 9.17) is 5.84 Å². The van der Waals surface area contributed by atoms with Crippen LogP contribution in [-0.4, -0.2) is 35.5 Å². The zero-order valence-corrected chi connectivity index (χ0v) is 10.1. The maximum absolute atomic E-state index is 5.48. The van der Waals surface area contributed by atoms with E-state index in [1.807, 2.05) is 36.3 Å². The highest BCUT2D eigenvalue weighted by molar-refractivity contribution is 5.79. The molecule has 0 aromatic carbocycles. The first-order valence-electron chi connectivity index (χ1n) is 5.95. The molecule has 0 spiro atoms. The molecule has 0 bridgehead atoms. The highest BCUT2D eigenvalue weighted by atomic mass is 15.4. The van der Waals surface area contributed by atoms with Crippen LogP contribution >= 0.6 is 0 Å². The smallest absolute Gasteiger partial charge is 0.208 e. The van der Waals surface area contributed by atoms with Crippen LogP contribution in [0.1, 0.15) is 18.5 Å². The topological polar surface area (TPSA) is 66.5 Å². The lowest BCUT2D eigenvalue weighted by molar-refractivity contribution is 0.482. The molecule has 2 rings (SSSR count). The molecule has 1 saturated carbocycles. The van der Waals surface area contributed by atoms with Gasteiger partial charge in [0.1, 0.15) is 0 Å². The van der Waals surface area contributed by atoms with Gasteiger partial charge in [-0.05, 0) is 25.0 Å². The highest BCUT2D eigenvalue weighted by Crippen LogP contribution is 2.23. The Kier molecular flexibility index (Phi) is 3.93. The van der Waals surface area contributed by atoms with Gasteiger partial charge in [0.05, 0.1) is 6.04 Å². The monoisotopic (exact) mass is 233 g/mol. The van der Waals surface area contributed by atoms with Gasteiger partial charge in [-0.1, -0.05) is 6.07 Å². The van der Waals surface area contributed by atoms with Crippen LogP contribution in [-0.2, 0) is 6.42 Å². The second-order valence-corrected chi connectivity index (χ2v) is 4.32. The molecule has 0 atom stereocenters. The normalized spacial score (nSPS) is 15.8. The van der Waals surface area contributed by atoms with E-state index in [9.17, 15) is 0 Å². The lowest BCUT2D eigenvalue weighted by atomic mass is 10.2. The molecule has 5 heteroatoms. The molecule has 0 amide bonds. The SMILES string of the molecule is CN(CCc1ccccn1)C(=NC1CC1)NN. The van der Waals surface area contributed by atoms with Crippen LogP contribution in [0.3, 0.4) is 0 Å². The number of nitrogens with zero attached hydrogens (tertiary/aromatic N) is 3. The van der Waals surface area contributed by atoms with E-state index in [0.717, 1.165) is 24.6 Å². The van der Waals surface area contributed by atoms with E-state index in [0.29, 0.717) is 6.04 Å². The maximum Gasteiger partial charge on any atom is 0.208 e. The van der Waals surface area contributed by atoms with Crippen molar-refractivity contribution in [1.29, 1.82) is 0 Å². The third-order valence-corrected chi connectivity index (χ3v) is 2.77. The van der Waals surface area contributed by atoms with Crippen molar-refractivity contribution in [3.63, 3.8) is 0 Å². The zero-order chi connectivity index (χ0) is 12.1. The Bertz CT molecular complexity index is 372. The molecule has 1 heterocycles. The van der Waals surface area contributed by atoms with E-state index < -0.39 is 0 Å². The molecule has 1 aromatic heterocycles. The van der Waals surface area contributed by atoms with Crippen LogP contribution in [0.4, 0.5) is 0 Å². The summed E-state index contributed by atoms with van der Waals surface area (Å²) in [5, 5.41) is 0. The summed E-state index contributed by atoms with van der Waals surface area (Å²) in [7, 11) is 1.99. The molecule has 1 aliphatic rings. The van der Waals surface area contributed by atoms with Crippen molar-refractivity contribution in [3.8, 4) is 0 Å². The summed E-state index contributed by atoms with van der Waals surface area (Å²) in [5.74, 6) is 6.25. The number of hydrogen-bond donors (Lipinski definition) is 2. The number of aromatic nitrogens is 1. The summed E-state index contributed by atoms with van der Waals surface area (Å²) in [4.78, 5) is 10.8. The summed E-state index contributed by atoms with van der Waals surface area (Å²) < 4.78 is 0. The highest BCUT2D eigenvalue weighted by Gasteiger charge is 2.21. The molecule has 17 heavy (non-hydrogen) atoms. The lowest BCUT2D eigenvalue weighted by Gasteiger charge is -2.20. The molecule has 3 N–H and O–H groups in total. The lowest BCUT2D eigenvalue weighted by Crippen LogP contribution is -2.43. The minimum atomic E-state index is 0.471. The van der Waals surface area contributed by atoms with Crippen molar-refractivity contribution < 1.29 is 0 Å². The molecule has 1 fully saturated rings. The van der Waals surface area contributed by atoms with E-state index in [2.05, 4.69) is 15.4 Å². The first-order chi connectivity index (χ1) is 8.29. The van der Waals surface area contributed by atoms with Gasteiger partial charge in [-0.15, -0.1) is 0 Å². The van der Waals surface area contributed by atoms with Crippen LogP contribution in [0.15, 0.2) is 29.4 Å². The predicted octanol–water partition coefficient (Wildman–Crippen LogP) is 0.538. The predicted molar refractivity (Wildman–Crippen MR) is 68.4 cm³/mol. The number of pyridine rings is 1. The van der Waals surface area contributed by atoms with Gasteiger partial charge in [0.15, 0.2) is 0 Å². The zero-order valence-electron chi connectivity index (χ0n) is 10.1. The van der Waals surface area contributed by atoms with Gasteiger partial charge in [0.25, 0.3) is 0 Å². The Labute approximate surface area is 102 Å². The van der Waals surface area contributed by atoms with E-state index in [-0.39, 0.29) is 0 Å². The van der Waals surface area contributed by atoms with Gasteiger partial charge in [-0.25, -0.2) is 10.8 Å². The fourth-order valence-electron chi connectivity index (χ4n) is 1.56. The van der Waals surface area contributed by atoms with E-state index >= 15 is 0 Å². The minimum absolute atomic E-state index is 0.471. The Morgan fingerprint density at radius 1 is 1.59 bits per heavy atom. The summed E-state index contributed by atoms with van der Waals surface area (Å²) in [6, 6.07) is 6.43. The van der Waals surface area contributed by atoms with Gasteiger partial charge in [-0.3, -0.25) is 10.4 Å². The average Bonchev–Trinajstić information content (AvgIpc) is 3.18. The van der Waals surface area contributed by atoms with Crippen molar-refractivity contribution in [2.45, 2.75) is 25.3 Å². The Morgan fingerprint density at radius 3 is 3.00 bits per heavy atom. The number of hydrogen-bond acceptors (Lipinski definition) is 3. The molecular weight excluding hydrogens is 214 g/mol. The molecule has 0 aliphatic heterocycles. The summed E-state index contributed by atoms with van der Waals surface area (Å²) in [6.07, 6.45) is 5.07. The largest absolute Gasteiger partial charge is 0.345 e.